The summed E-state index contributed by atoms with van der Waals surface area (Å²) in [5, 5.41) is 0. The highest BCUT2D eigenvalue weighted by molar-refractivity contribution is 5.24. The summed E-state index contributed by atoms with van der Waals surface area (Å²) in [5.74, 6) is 2.07. The summed E-state index contributed by atoms with van der Waals surface area (Å²) in [6.07, 6.45) is 25.9. The Morgan fingerprint density at radius 2 is 1.26 bits per heavy atom. The minimum absolute atomic E-state index is 0.536. The highest BCUT2D eigenvalue weighted by Gasteiger charge is 2.23. The molecule has 0 N–H and O–H groups in total. The van der Waals surface area contributed by atoms with Gasteiger partial charge in [-0.15, -0.1) is 0 Å². The molecule has 0 saturated carbocycles. The van der Waals surface area contributed by atoms with Crippen molar-refractivity contribution in [2.45, 2.75) is 142 Å². The number of hydrogen-bond acceptors (Lipinski definition) is 0. The van der Waals surface area contributed by atoms with Gasteiger partial charge in [-0.1, -0.05) is 132 Å². The van der Waals surface area contributed by atoms with E-state index >= 15 is 0 Å². The molecule has 2 heteroatoms. The molecule has 0 aliphatic carbocycles. The summed E-state index contributed by atoms with van der Waals surface area (Å²) in [5.41, 5.74) is 2.91. The van der Waals surface area contributed by atoms with E-state index in [1.807, 2.05) is 0 Å². The molecular formula is C37H57N2+. The van der Waals surface area contributed by atoms with Gasteiger partial charge in [0.2, 0.25) is 0 Å². The molecule has 2 nitrogen and oxygen atoms in total. The van der Waals surface area contributed by atoms with Crippen molar-refractivity contribution in [2.75, 3.05) is 0 Å². The number of hydrogen-bond donors (Lipinski definition) is 0. The van der Waals surface area contributed by atoms with Gasteiger partial charge in [-0.05, 0) is 62.5 Å². The smallest absolute Gasteiger partial charge is 0.234 e. The van der Waals surface area contributed by atoms with Crippen LogP contribution in [0.15, 0.2) is 73.1 Å². The third-order valence-corrected chi connectivity index (χ3v) is 8.55. The maximum absolute atomic E-state index is 2.63. The fourth-order valence-corrected chi connectivity index (χ4v) is 6.09. The molecule has 39 heavy (non-hydrogen) atoms. The molecule has 214 valence electrons. The van der Waals surface area contributed by atoms with Gasteiger partial charge in [0, 0.05) is 6.42 Å². The molecule has 0 bridgehead atoms. The Kier molecular flexibility index (Phi) is 15.1. The Hall–Kier alpha value is -2.35. The molecule has 0 fully saturated rings. The molecule has 0 spiro atoms. The molecule has 1 aromatic heterocycles. The lowest BCUT2D eigenvalue weighted by Gasteiger charge is -2.18. The van der Waals surface area contributed by atoms with E-state index in [2.05, 4.69) is 103 Å². The summed E-state index contributed by atoms with van der Waals surface area (Å²) in [6, 6.07) is 22.9. The van der Waals surface area contributed by atoms with Gasteiger partial charge in [-0.25, -0.2) is 9.13 Å². The molecule has 0 aliphatic rings. The minimum atomic E-state index is 0.536. The molecule has 3 rings (SSSR count). The number of nitrogens with zero attached hydrogens (tertiary/aromatic N) is 2. The van der Waals surface area contributed by atoms with E-state index in [0.29, 0.717) is 12.0 Å². The second-order valence-electron chi connectivity index (χ2n) is 11.8. The van der Waals surface area contributed by atoms with Crippen LogP contribution in [0, 0.1) is 0 Å². The van der Waals surface area contributed by atoms with Crippen LogP contribution in [-0.2, 0) is 19.4 Å². The van der Waals surface area contributed by atoms with Gasteiger partial charge >= 0.3 is 0 Å². The van der Waals surface area contributed by atoms with E-state index < -0.39 is 0 Å². The standard InChI is InChI=1S/C37H57N2/c1-4-6-8-10-11-12-13-16-22-33(3)39-31-30-38(29-21-9-7-5-2)37(39)28-27-36(35-25-19-15-20-26-35)32-34-23-17-14-18-24-34/h14-15,17-20,23-26,30-31,33,36H,4-13,16,21-22,27-29,32H2,1-3H3/q+1. The van der Waals surface area contributed by atoms with Gasteiger partial charge in [0.05, 0.1) is 12.6 Å². The number of unbranched alkanes of at least 4 members (excludes halogenated alkanes) is 10. The Bertz CT molecular complexity index is 991. The third-order valence-electron chi connectivity index (χ3n) is 8.55. The average molecular weight is 530 g/mol. The lowest BCUT2D eigenvalue weighted by atomic mass is 9.88. The zero-order chi connectivity index (χ0) is 27.5. The molecule has 0 amide bonds. The number of benzene rings is 2. The van der Waals surface area contributed by atoms with Crippen LogP contribution in [0.3, 0.4) is 0 Å². The van der Waals surface area contributed by atoms with Gasteiger partial charge in [0.1, 0.15) is 12.4 Å². The quantitative estimate of drug-likeness (QED) is 0.0958. The maximum Gasteiger partial charge on any atom is 0.256 e. The first-order valence-corrected chi connectivity index (χ1v) is 16.4. The second kappa shape index (κ2) is 18.9. The van der Waals surface area contributed by atoms with Crippen molar-refractivity contribution in [3.05, 3.63) is 90.0 Å². The van der Waals surface area contributed by atoms with Crippen LogP contribution in [-0.4, -0.2) is 4.57 Å². The number of aromatic nitrogens is 2. The van der Waals surface area contributed by atoms with Gasteiger partial charge in [-0.3, -0.25) is 0 Å². The van der Waals surface area contributed by atoms with Crippen molar-refractivity contribution in [1.29, 1.82) is 0 Å². The van der Waals surface area contributed by atoms with Crippen LogP contribution in [0.4, 0.5) is 0 Å². The molecule has 3 aromatic rings. The molecule has 0 radical (unpaired) electrons. The first-order valence-electron chi connectivity index (χ1n) is 16.4. The van der Waals surface area contributed by atoms with Crippen molar-refractivity contribution in [2.24, 2.45) is 0 Å². The normalized spacial score (nSPS) is 13.0. The van der Waals surface area contributed by atoms with E-state index in [1.165, 1.54) is 107 Å². The summed E-state index contributed by atoms with van der Waals surface area (Å²) in [6.45, 7) is 8.21. The van der Waals surface area contributed by atoms with E-state index in [-0.39, 0.29) is 0 Å². The van der Waals surface area contributed by atoms with Crippen molar-refractivity contribution in [1.82, 2.24) is 4.57 Å². The van der Waals surface area contributed by atoms with Crippen molar-refractivity contribution in [3.63, 3.8) is 0 Å². The van der Waals surface area contributed by atoms with Crippen LogP contribution in [0.5, 0.6) is 0 Å². The molecule has 1 heterocycles. The summed E-state index contributed by atoms with van der Waals surface area (Å²) < 4.78 is 5.22. The Morgan fingerprint density at radius 3 is 1.92 bits per heavy atom. The fraction of sp³-hybridized carbons (Fsp3) is 0.595. The van der Waals surface area contributed by atoms with Crippen molar-refractivity contribution < 1.29 is 4.57 Å². The van der Waals surface area contributed by atoms with Crippen molar-refractivity contribution >= 4 is 0 Å². The average Bonchev–Trinajstić information content (AvgIpc) is 3.38. The van der Waals surface area contributed by atoms with E-state index in [0.717, 1.165) is 19.4 Å². The Morgan fingerprint density at radius 1 is 0.667 bits per heavy atom. The van der Waals surface area contributed by atoms with Crippen LogP contribution >= 0.6 is 0 Å². The predicted octanol–water partition coefficient (Wildman–Crippen LogP) is 10.4. The highest BCUT2D eigenvalue weighted by Crippen LogP contribution is 2.27. The van der Waals surface area contributed by atoms with Crippen LogP contribution in [0.2, 0.25) is 0 Å². The number of aryl methyl sites for hydroxylation is 1. The molecule has 2 aromatic carbocycles. The lowest BCUT2D eigenvalue weighted by Crippen LogP contribution is -2.38. The Labute approximate surface area is 240 Å². The number of imidazole rings is 1. The molecule has 2 unspecified atom stereocenters. The second-order valence-corrected chi connectivity index (χ2v) is 11.8. The molecule has 0 saturated heterocycles. The van der Waals surface area contributed by atoms with Gasteiger partial charge in [0.15, 0.2) is 0 Å². The largest absolute Gasteiger partial charge is 0.256 e. The van der Waals surface area contributed by atoms with E-state index in [4.69, 9.17) is 0 Å². The predicted molar refractivity (Wildman–Crippen MR) is 168 cm³/mol. The van der Waals surface area contributed by atoms with Gasteiger partial charge in [-0.2, -0.15) is 0 Å². The van der Waals surface area contributed by atoms with Crippen LogP contribution < -0.4 is 4.57 Å². The topological polar surface area (TPSA) is 8.81 Å². The zero-order valence-electron chi connectivity index (χ0n) is 25.5. The summed E-state index contributed by atoms with van der Waals surface area (Å²) >= 11 is 0. The lowest BCUT2D eigenvalue weighted by molar-refractivity contribution is -0.704. The molecule has 2 atom stereocenters. The highest BCUT2D eigenvalue weighted by atomic mass is 15.2. The summed E-state index contributed by atoms with van der Waals surface area (Å²) in [4.78, 5) is 0. The first-order chi connectivity index (χ1) is 19.2. The van der Waals surface area contributed by atoms with Crippen LogP contribution in [0.1, 0.15) is 140 Å². The minimum Gasteiger partial charge on any atom is -0.234 e. The van der Waals surface area contributed by atoms with Crippen molar-refractivity contribution in [3.8, 4) is 0 Å². The van der Waals surface area contributed by atoms with E-state index in [9.17, 15) is 0 Å². The first kappa shape index (κ1) is 31.2. The van der Waals surface area contributed by atoms with E-state index in [1.54, 1.807) is 0 Å². The summed E-state index contributed by atoms with van der Waals surface area (Å²) in [7, 11) is 0. The number of rotatable bonds is 21. The zero-order valence-corrected chi connectivity index (χ0v) is 25.5. The monoisotopic (exact) mass is 529 g/mol. The fourth-order valence-electron chi connectivity index (χ4n) is 6.09. The Balaban J connectivity index is 1.66. The van der Waals surface area contributed by atoms with Gasteiger partial charge < -0.3 is 0 Å². The molecular weight excluding hydrogens is 472 g/mol. The van der Waals surface area contributed by atoms with Crippen LogP contribution in [0.25, 0.3) is 0 Å². The molecule has 0 aliphatic heterocycles. The SMILES string of the molecule is CCCCCCCCCCC(C)n1cc[n+](CCCCCC)c1CCC(Cc1ccccc1)c1ccccc1. The maximum atomic E-state index is 2.63. The third kappa shape index (κ3) is 11.3. The van der Waals surface area contributed by atoms with Gasteiger partial charge in [0.25, 0.3) is 5.82 Å².